The maximum absolute atomic E-state index is 10.0. The lowest BCUT2D eigenvalue weighted by molar-refractivity contribution is 0.469. The van der Waals surface area contributed by atoms with Gasteiger partial charge in [-0.1, -0.05) is 0 Å². The van der Waals surface area contributed by atoms with Gasteiger partial charge in [-0.3, -0.25) is 0 Å². The van der Waals surface area contributed by atoms with Crippen LogP contribution in [0, 0.1) is 3.57 Å². The van der Waals surface area contributed by atoms with Crippen molar-refractivity contribution >= 4 is 45.5 Å². The fourth-order valence-corrected chi connectivity index (χ4v) is 2.89. The third kappa shape index (κ3) is 4.10. The number of halogens is 1. The average Bonchev–Trinajstić information content (AvgIpc) is 2.95. The Bertz CT molecular complexity index is 894. The van der Waals surface area contributed by atoms with Gasteiger partial charge in [-0.05, 0) is 47.7 Å². The molecule has 1 unspecified atom stereocenters. The Balaban J connectivity index is 1.89. The number of aryl methyl sites for hydroxylation is 1. The van der Waals surface area contributed by atoms with Crippen LogP contribution in [-0.2, 0) is 13.6 Å². The van der Waals surface area contributed by atoms with Crippen LogP contribution in [0.1, 0.15) is 12.5 Å². The minimum Gasteiger partial charge on any atom is -0.508 e. The number of benzene rings is 1. The lowest BCUT2D eigenvalue weighted by atomic mass is 10.2. The Labute approximate surface area is 159 Å². The second kappa shape index (κ2) is 7.40. The summed E-state index contributed by atoms with van der Waals surface area (Å²) in [6.07, 6.45) is 1.70. The molecule has 3 rings (SSSR count). The van der Waals surface area contributed by atoms with E-state index in [2.05, 4.69) is 48.2 Å². The molecule has 2 heterocycles. The maximum Gasteiger partial charge on any atom is 0.226 e. The van der Waals surface area contributed by atoms with E-state index in [0.29, 0.717) is 30.4 Å². The summed E-state index contributed by atoms with van der Waals surface area (Å²) in [7, 11) is 1.88. The number of rotatable bonds is 6. The molecule has 1 atom stereocenters. The number of fused-ring (bicyclic) bond motifs is 1. The fraction of sp³-hybridized carbons (Fsp3) is 0.312. The maximum atomic E-state index is 10.0. The van der Waals surface area contributed by atoms with Crippen LogP contribution in [0.4, 0.5) is 11.8 Å². The molecular formula is C16H20IN7O. The van der Waals surface area contributed by atoms with E-state index >= 15 is 0 Å². The lowest BCUT2D eigenvalue weighted by Crippen LogP contribution is -2.26. The van der Waals surface area contributed by atoms with Crippen molar-refractivity contribution in [1.29, 1.82) is 0 Å². The van der Waals surface area contributed by atoms with Crippen molar-refractivity contribution in [2.24, 2.45) is 12.8 Å². The zero-order valence-corrected chi connectivity index (χ0v) is 16.1. The number of aromatic hydroxyl groups is 1. The van der Waals surface area contributed by atoms with Crippen molar-refractivity contribution in [2.45, 2.75) is 19.5 Å². The smallest absolute Gasteiger partial charge is 0.226 e. The molecule has 2 aromatic heterocycles. The van der Waals surface area contributed by atoms with Crippen LogP contribution >= 0.6 is 22.6 Å². The van der Waals surface area contributed by atoms with E-state index in [4.69, 9.17) is 5.73 Å². The molecule has 0 radical (unpaired) electrons. The SMILES string of the molecule is CC(N)CNc1nc(NCc2cc(I)ccc2O)c2ncn(C)c2n1. The molecule has 0 aliphatic heterocycles. The normalized spacial score (nSPS) is 12.3. The minimum atomic E-state index is -0.00872. The Morgan fingerprint density at radius 3 is 2.88 bits per heavy atom. The molecule has 8 nitrogen and oxygen atoms in total. The summed E-state index contributed by atoms with van der Waals surface area (Å²) in [5.41, 5.74) is 7.98. The molecule has 0 aliphatic carbocycles. The van der Waals surface area contributed by atoms with Gasteiger partial charge in [0.15, 0.2) is 17.0 Å². The van der Waals surface area contributed by atoms with Crippen molar-refractivity contribution in [3.8, 4) is 5.75 Å². The molecule has 3 aromatic rings. The number of hydrogen-bond donors (Lipinski definition) is 4. The number of nitrogens with two attached hydrogens (primary N) is 1. The van der Waals surface area contributed by atoms with Crippen LogP contribution < -0.4 is 16.4 Å². The van der Waals surface area contributed by atoms with E-state index in [1.54, 1.807) is 12.4 Å². The highest BCUT2D eigenvalue weighted by Gasteiger charge is 2.13. The van der Waals surface area contributed by atoms with Crippen molar-refractivity contribution in [3.63, 3.8) is 0 Å². The number of aromatic nitrogens is 4. The second-order valence-corrected chi connectivity index (χ2v) is 7.15. The molecule has 0 spiro atoms. The highest BCUT2D eigenvalue weighted by atomic mass is 127. The van der Waals surface area contributed by atoms with Gasteiger partial charge in [0.2, 0.25) is 5.95 Å². The third-order valence-electron chi connectivity index (χ3n) is 3.63. The van der Waals surface area contributed by atoms with Gasteiger partial charge in [0.25, 0.3) is 0 Å². The number of phenols is 1. The third-order valence-corrected chi connectivity index (χ3v) is 4.30. The van der Waals surface area contributed by atoms with Gasteiger partial charge in [0, 0.05) is 35.3 Å². The topological polar surface area (TPSA) is 114 Å². The number of phenolic OH excluding ortho intramolecular Hbond substituents is 1. The standard InChI is InChI=1S/C16H20IN7O/c1-9(18)6-20-16-22-14(13-15(23-16)24(2)8-21-13)19-7-10-5-11(17)3-4-12(10)25/h3-5,8-9,25H,6-7,18H2,1-2H3,(H2,19,20,22,23). The van der Waals surface area contributed by atoms with Gasteiger partial charge >= 0.3 is 0 Å². The summed E-state index contributed by atoms with van der Waals surface area (Å²) in [5.74, 6) is 1.34. The molecule has 132 valence electrons. The van der Waals surface area contributed by atoms with Crippen LogP contribution in [-0.4, -0.2) is 37.2 Å². The molecule has 1 aromatic carbocycles. The van der Waals surface area contributed by atoms with Crippen molar-refractivity contribution in [2.75, 3.05) is 17.2 Å². The monoisotopic (exact) mass is 453 g/mol. The summed E-state index contributed by atoms with van der Waals surface area (Å²) < 4.78 is 2.89. The van der Waals surface area contributed by atoms with E-state index in [1.165, 1.54) is 0 Å². The quantitative estimate of drug-likeness (QED) is 0.423. The Morgan fingerprint density at radius 1 is 1.32 bits per heavy atom. The van der Waals surface area contributed by atoms with E-state index < -0.39 is 0 Å². The van der Waals surface area contributed by atoms with E-state index in [9.17, 15) is 5.11 Å². The summed E-state index contributed by atoms with van der Waals surface area (Å²) in [6, 6.07) is 5.46. The van der Waals surface area contributed by atoms with E-state index in [-0.39, 0.29) is 11.8 Å². The number of nitrogens with one attached hydrogen (secondary N) is 2. The van der Waals surface area contributed by atoms with Gasteiger partial charge in [-0.25, -0.2) is 4.98 Å². The highest BCUT2D eigenvalue weighted by Crippen LogP contribution is 2.24. The summed E-state index contributed by atoms with van der Waals surface area (Å²) in [4.78, 5) is 13.4. The number of hydrogen-bond acceptors (Lipinski definition) is 7. The van der Waals surface area contributed by atoms with Gasteiger partial charge in [0.05, 0.1) is 6.33 Å². The first-order chi connectivity index (χ1) is 11.9. The molecule has 0 saturated carbocycles. The summed E-state index contributed by atoms with van der Waals surface area (Å²) >= 11 is 2.21. The summed E-state index contributed by atoms with van der Waals surface area (Å²) in [6.45, 7) is 2.91. The zero-order chi connectivity index (χ0) is 18.0. The first-order valence-electron chi connectivity index (χ1n) is 7.84. The number of anilines is 2. The predicted octanol–water partition coefficient (Wildman–Crippen LogP) is 2.04. The fourth-order valence-electron chi connectivity index (χ4n) is 2.34. The van der Waals surface area contributed by atoms with Crippen LogP contribution in [0.2, 0.25) is 0 Å². The average molecular weight is 453 g/mol. The van der Waals surface area contributed by atoms with Crippen LogP contribution in [0.3, 0.4) is 0 Å². The van der Waals surface area contributed by atoms with Crippen LogP contribution in [0.15, 0.2) is 24.5 Å². The Morgan fingerprint density at radius 2 is 2.12 bits per heavy atom. The van der Waals surface area contributed by atoms with Crippen molar-refractivity contribution in [1.82, 2.24) is 19.5 Å². The van der Waals surface area contributed by atoms with Crippen molar-refractivity contribution < 1.29 is 5.11 Å². The first kappa shape index (κ1) is 17.7. The predicted molar refractivity (Wildman–Crippen MR) is 107 cm³/mol. The zero-order valence-electron chi connectivity index (χ0n) is 14.0. The van der Waals surface area contributed by atoms with E-state index in [0.717, 1.165) is 14.8 Å². The second-order valence-electron chi connectivity index (χ2n) is 5.91. The molecule has 0 saturated heterocycles. The van der Waals surface area contributed by atoms with E-state index in [1.807, 2.05) is 30.7 Å². The largest absolute Gasteiger partial charge is 0.508 e. The minimum absolute atomic E-state index is 0.00872. The molecule has 0 amide bonds. The van der Waals surface area contributed by atoms with Gasteiger partial charge in [-0.15, -0.1) is 0 Å². The first-order valence-corrected chi connectivity index (χ1v) is 8.91. The molecule has 25 heavy (non-hydrogen) atoms. The molecule has 0 fully saturated rings. The summed E-state index contributed by atoms with van der Waals surface area (Å²) in [5, 5.41) is 16.4. The highest BCUT2D eigenvalue weighted by molar-refractivity contribution is 14.1. The van der Waals surface area contributed by atoms with Gasteiger partial charge < -0.3 is 26.0 Å². The van der Waals surface area contributed by atoms with Crippen LogP contribution in [0.25, 0.3) is 11.2 Å². The number of nitrogens with zero attached hydrogens (tertiary/aromatic N) is 4. The molecule has 0 aliphatic rings. The molecule has 0 bridgehead atoms. The van der Waals surface area contributed by atoms with Gasteiger partial charge in [-0.2, -0.15) is 9.97 Å². The Hall–Kier alpha value is -2.14. The lowest BCUT2D eigenvalue weighted by Gasteiger charge is -2.12. The molecule has 9 heteroatoms. The van der Waals surface area contributed by atoms with Gasteiger partial charge in [0.1, 0.15) is 5.75 Å². The van der Waals surface area contributed by atoms with Crippen LogP contribution in [0.5, 0.6) is 5.75 Å². The molecule has 5 N–H and O–H groups in total. The Kier molecular flexibility index (Phi) is 5.23. The van der Waals surface area contributed by atoms with Crippen molar-refractivity contribution in [3.05, 3.63) is 33.7 Å². The molecular weight excluding hydrogens is 433 g/mol. The number of imidazole rings is 1.